The van der Waals surface area contributed by atoms with Crippen molar-refractivity contribution < 1.29 is 9.59 Å². The number of benzene rings is 4. The van der Waals surface area contributed by atoms with Gasteiger partial charge in [0.15, 0.2) is 0 Å². The van der Waals surface area contributed by atoms with Crippen molar-refractivity contribution in [2.45, 2.75) is 12.3 Å². The Labute approximate surface area is 194 Å². The van der Waals surface area contributed by atoms with Gasteiger partial charge in [0.25, 0.3) is 5.91 Å². The Morgan fingerprint density at radius 1 is 0.636 bits per heavy atom. The summed E-state index contributed by atoms with van der Waals surface area (Å²) in [4.78, 5) is 26.3. The summed E-state index contributed by atoms with van der Waals surface area (Å²) in [5.41, 5.74) is 3.89. The average molecular weight is 435 g/mol. The van der Waals surface area contributed by atoms with Gasteiger partial charge >= 0.3 is 0 Å². The van der Waals surface area contributed by atoms with Crippen molar-refractivity contribution in [1.82, 2.24) is 5.32 Å². The molecule has 0 aliphatic rings. The van der Waals surface area contributed by atoms with Gasteiger partial charge in [0.2, 0.25) is 5.91 Å². The van der Waals surface area contributed by atoms with Gasteiger partial charge in [-0.2, -0.15) is 0 Å². The molecule has 4 rings (SSSR count). The molecule has 2 N–H and O–H groups in total. The lowest BCUT2D eigenvalue weighted by molar-refractivity contribution is -0.116. The number of carbonyl (C=O) groups excluding carboxylic acids is 2. The van der Waals surface area contributed by atoms with E-state index in [1.807, 2.05) is 97.1 Å². The molecule has 2 amide bonds. The Balaban J connectivity index is 1.51. The number of nitrogens with one attached hydrogen (secondary N) is 2. The van der Waals surface area contributed by atoms with E-state index in [0.717, 1.165) is 23.1 Å². The molecule has 4 nitrogen and oxygen atoms in total. The maximum absolute atomic E-state index is 13.4. The van der Waals surface area contributed by atoms with E-state index >= 15 is 0 Å². The van der Waals surface area contributed by atoms with Gasteiger partial charge in [-0.15, -0.1) is 0 Å². The fraction of sp³-hybridized carbons (Fsp3) is 0.103. The second kappa shape index (κ2) is 10.9. The first-order chi connectivity index (χ1) is 16.2. The van der Waals surface area contributed by atoms with Crippen molar-refractivity contribution in [3.8, 4) is 0 Å². The summed E-state index contributed by atoms with van der Waals surface area (Å²) in [6.07, 6.45) is 0.741. The summed E-state index contributed by atoms with van der Waals surface area (Å²) in [6.45, 7) is 0.516. The highest BCUT2D eigenvalue weighted by Crippen LogP contribution is 2.27. The number of rotatable bonds is 8. The summed E-state index contributed by atoms with van der Waals surface area (Å²) in [7, 11) is 0. The summed E-state index contributed by atoms with van der Waals surface area (Å²) >= 11 is 0. The molecule has 4 heteroatoms. The Hall–Kier alpha value is -4.18. The lowest BCUT2D eigenvalue weighted by Gasteiger charge is -2.19. The second-order valence-corrected chi connectivity index (χ2v) is 7.78. The van der Waals surface area contributed by atoms with Crippen LogP contribution in [0.1, 0.15) is 33.0 Å². The molecule has 0 aromatic heterocycles. The molecule has 0 aliphatic heterocycles. The van der Waals surface area contributed by atoms with Crippen LogP contribution >= 0.6 is 0 Å². The molecule has 0 saturated heterocycles. The van der Waals surface area contributed by atoms with Crippen molar-refractivity contribution in [3.63, 3.8) is 0 Å². The maximum atomic E-state index is 13.4. The van der Waals surface area contributed by atoms with E-state index in [1.54, 1.807) is 18.2 Å². The van der Waals surface area contributed by atoms with Crippen molar-refractivity contribution in [2.24, 2.45) is 0 Å². The van der Waals surface area contributed by atoms with E-state index in [9.17, 15) is 9.59 Å². The molecule has 0 bridgehead atoms. The third-order valence-corrected chi connectivity index (χ3v) is 5.50. The van der Waals surface area contributed by atoms with Crippen LogP contribution in [0.2, 0.25) is 0 Å². The van der Waals surface area contributed by atoms with E-state index in [-0.39, 0.29) is 11.8 Å². The highest BCUT2D eigenvalue weighted by molar-refractivity contribution is 6.05. The van der Waals surface area contributed by atoms with Crippen molar-refractivity contribution >= 4 is 17.5 Å². The van der Waals surface area contributed by atoms with Crippen LogP contribution in [0.3, 0.4) is 0 Å². The number of anilines is 1. The van der Waals surface area contributed by atoms with Crippen LogP contribution in [0.5, 0.6) is 0 Å². The third kappa shape index (κ3) is 5.74. The quantitative estimate of drug-likeness (QED) is 0.389. The van der Waals surface area contributed by atoms with Crippen molar-refractivity contribution in [2.75, 3.05) is 11.9 Å². The van der Waals surface area contributed by atoms with E-state index in [2.05, 4.69) is 10.6 Å². The lowest BCUT2D eigenvalue weighted by Crippen LogP contribution is -2.28. The van der Waals surface area contributed by atoms with Crippen LogP contribution in [0.4, 0.5) is 5.69 Å². The normalized spacial score (nSPS) is 10.6. The summed E-state index contributed by atoms with van der Waals surface area (Å²) in [5, 5.41) is 5.96. The Morgan fingerprint density at radius 2 is 1.15 bits per heavy atom. The first kappa shape index (κ1) is 22.0. The van der Waals surface area contributed by atoms with E-state index in [0.29, 0.717) is 17.8 Å². The molecule has 0 spiro atoms. The minimum absolute atomic E-state index is 0.183. The van der Waals surface area contributed by atoms with Crippen LogP contribution in [-0.4, -0.2) is 18.4 Å². The monoisotopic (exact) mass is 434 g/mol. The van der Waals surface area contributed by atoms with Crippen molar-refractivity contribution in [1.29, 1.82) is 0 Å². The zero-order valence-electron chi connectivity index (χ0n) is 18.3. The molecule has 0 unspecified atom stereocenters. The first-order valence-electron chi connectivity index (χ1n) is 11.0. The smallest absolute Gasteiger partial charge is 0.253 e. The standard InChI is InChI=1S/C29H26N2O2/c32-28(30-21-20-22-12-4-1-5-13-22)25-18-10-11-19-26(25)31-29(33)27(23-14-6-2-7-15-23)24-16-8-3-9-17-24/h1-19,27H,20-21H2,(H,30,32)(H,31,33). The minimum atomic E-state index is -0.485. The van der Waals surface area contributed by atoms with Gasteiger partial charge in [0.1, 0.15) is 0 Å². The number of carbonyl (C=O) groups is 2. The number of amides is 2. The Bertz CT molecular complexity index is 1150. The summed E-state index contributed by atoms with van der Waals surface area (Å²) in [6, 6.07) is 36.4. The third-order valence-electron chi connectivity index (χ3n) is 5.50. The highest BCUT2D eigenvalue weighted by Gasteiger charge is 2.24. The SMILES string of the molecule is O=C(NCCc1ccccc1)c1ccccc1NC(=O)C(c1ccccc1)c1ccccc1. The predicted molar refractivity (Wildman–Crippen MR) is 132 cm³/mol. The molecule has 164 valence electrons. The molecule has 4 aromatic rings. The predicted octanol–water partition coefficient (Wildman–Crippen LogP) is 5.43. The zero-order valence-corrected chi connectivity index (χ0v) is 18.3. The lowest BCUT2D eigenvalue weighted by atomic mass is 9.90. The molecular formula is C29H26N2O2. The highest BCUT2D eigenvalue weighted by atomic mass is 16.2. The van der Waals surface area contributed by atoms with Gasteiger partial charge in [0, 0.05) is 6.54 Å². The van der Waals surface area contributed by atoms with E-state index in [1.165, 1.54) is 0 Å². The van der Waals surface area contributed by atoms with Gasteiger partial charge in [0.05, 0.1) is 17.2 Å². The van der Waals surface area contributed by atoms with E-state index in [4.69, 9.17) is 0 Å². The van der Waals surface area contributed by atoms with Crippen LogP contribution in [0.25, 0.3) is 0 Å². The van der Waals surface area contributed by atoms with Gasteiger partial charge in [-0.25, -0.2) is 0 Å². The summed E-state index contributed by atoms with van der Waals surface area (Å²) < 4.78 is 0. The van der Waals surface area contributed by atoms with Crippen LogP contribution in [0, 0.1) is 0 Å². The topological polar surface area (TPSA) is 58.2 Å². The summed E-state index contributed by atoms with van der Waals surface area (Å²) in [5.74, 6) is -0.878. The van der Waals surface area contributed by atoms with Gasteiger partial charge in [-0.3, -0.25) is 9.59 Å². The Kier molecular flexibility index (Phi) is 7.29. The van der Waals surface area contributed by atoms with Crippen LogP contribution in [-0.2, 0) is 11.2 Å². The van der Waals surface area contributed by atoms with Crippen molar-refractivity contribution in [3.05, 3.63) is 138 Å². The molecule has 0 fully saturated rings. The number of para-hydroxylation sites is 1. The Morgan fingerprint density at radius 3 is 1.76 bits per heavy atom. The fourth-order valence-electron chi connectivity index (χ4n) is 3.84. The molecular weight excluding hydrogens is 408 g/mol. The second-order valence-electron chi connectivity index (χ2n) is 7.78. The van der Waals surface area contributed by atoms with Gasteiger partial charge in [-0.1, -0.05) is 103 Å². The molecule has 0 saturated carbocycles. The number of hydrogen-bond donors (Lipinski definition) is 2. The molecule has 0 aliphatic carbocycles. The van der Waals surface area contributed by atoms with Crippen LogP contribution in [0.15, 0.2) is 115 Å². The molecule has 33 heavy (non-hydrogen) atoms. The average Bonchev–Trinajstić information content (AvgIpc) is 2.86. The largest absolute Gasteiger partial charge is 0.352 e. The minimum Gasteiger partial charge on any atom is -0.352 e. The maximum Gasteiger partial charge on any atom is 0.253 e. The van der Waals surface area contributed by atoms with Crippen LogP contribution < -0.4 is 10.6 Å². The molecule has 0 radical (unpaired) electrons. The molecule has 0 heterocycles. The number of hydrogen-bond acceptors (Lipinski definition) is 2. The molecule has 4 aromatic carbocycles. The van der Waals surface area contributed by atoms with Gasteiger partial charge in [-0.05, 0) is 35.2 Å². The first-order valence-corrected chi connectivity index (χ1v) is 11.0. The van der Waals surface area contributed by atoms with E-state index < -0.39 is 5.92 Å². The fourth-order valence-corrected chi connectivity index (χ4v) is 3.84. The zero-order chi connectivity index (χ0) is 22.9. The van der Waals surface area contributed by atoms with Gasteiger partial charge < -0.3 is 10.6 Å². The molecule has 0 atom stereocenters.